The number of benzene rings is 9. The Morgan fingerprint density at radius 2 is 0.667 bits per heavy atom. The zero-order chi connectivity index (χ0) is 35.8. The van der Waals surface area contributed by atoms with Crippen molar-refractivity contribution >= 4 is 32.3 Å². The van der Waals surface area contributed by atoms with Crippen molar-refractivity contribution in [3.63, 3.8) is 0 Å². The van der Waals surface area contributed by atoms with Crippen LogP contribution in [0.3, 0.4) is 0 Å². The van der Waals surface area contributed by atoms with Gasteiger partial charge in [-0.2, -0.15) is 0 Å². The highest BCUT2D eigenvalue weighted by molar-refractivity contribution is 6.05. The van der Waals surface area contributed by atoms with Gasteiger partial charge in [-0.1, -0.05) is 188 Å². The lowest BCUT2D eigenvalue weighted by Gasteiger charge is -2.14. The molecule has 9 aromatic carbocycles. The normalized spacial score (nSPS) is 11.3. The van der Waals surface area contributed by atoms with E-state index in [0.717, 1.165) is 38.4 Å². The van der Waals surface area contributed by atoms with Gasteiger partial charge in [0.15, 0.2) is 17.5 Å². The van der Waals surface area contributed by atoms with Gasteiger partial charge >= 0.3 is 0 Å². The number of rotatable bonds is 6. The topological polar surface area (TPSA) is 38.7 Å². The van der Waals surface area contributed by atoms with Gasteiger partial charge in [-0.3, -0.25) is 0 Å². The molecule has 0 atom stereocenters. The molecule has 1 heterocycles. The predicted octanol–water partition coefficient (Wildman–Crippen LogP) is 13.3. The first-order valence-electron chi connectivity index (χ1n) is 18.3. The van der Waals surface area contributed by atoms with Gasteiger partial charge in [0.05, 0.1) is 0 Å². The van der Waals surface area contributed by atoms with Gasteiger partial charge in [0.25, 0.3) is 0 Å². The summed E-state index contributed by atoms with van der Waals surface area (Å²) in [7, 11) is 0. The summed E-state index contributed by atoms with van der Waals surface area (Å²) in [5, 5.41) is 6.99. The van der Waals surface area contributed by atoms with Crippen LogP contribution in [0.15, 0.2) is 200 Å². The quantitative estimate of drug-likeness (QED) is 0.175. The van der Waals surface area contributed by atoms with Crippen molar-refractivity contribution in [3.8, 4) is 67.5 Å². The average Bonchev–Trinajstić information content (AvgIpc) is 3.26. The Balaban J connectivity index is 1.16. The highest BCUT2D eigenvalue weighted by Gasteiger charge is 2.17. The minimum absolute atomic E-state index is 0.631. The maximum atomic E-state index is 5.22. The van der Waals surface area contributed by atoms with Gasteiger partial charge in [0.2, 0.25) is 0 Å². The fourth-order valence-corrected chi connectivity index (χ4v) is 7.70. The Morgan fingerprint density at radius 1 is 0.222 bits per heavy atom. The SMILES string of the molecule is c1ccc(-c2cccc3ccc(-c4nc(-c5cccc(-c6ccc(-c7ccccc7)c7ccccc67)c5)nc(-c5cccc6ccccc56)n4)cc23)cc1. The van der Waals surface area contributed by atoms with Crippen LogP contribution in [0.5, 0.6) is 0 Å². The predicted molar refractivity (Wildman–Crippen MR) is 225 cm³/mol. The lowest BCUT2D eigenvalue weighted by molar-refractivity contribution is 1.08. The van der Waals surface area contributed by atoms with Crippen LogP contribution in [0.2, 0.25) is 0 Å². The largest absolute Gasteiger partial charge is 0.208 e. The second-order valence-electron chi connectivity index (χ2n) is 13.6. The maximum absolute atomic E-state index is 5.22. The molecule has 54 heavy (non-hydrogen) atoms. The van der Waals surface area contributed by atoms with Crippen LogP contribution in [-0.4, -0.2) is 15.0 Å². The molecule has 0 radical (unpaired) electrons. The Hall–Kier alpha value is -7.23. The molecule has 10 aromatic rings. The maximum Gasteiger partial charge on any atom is 0.164 e. The molecule has 10 rings (SSSR count). The standard InChI is InChI=1S/C51H33N3/c1-3-14-34(15-4-1)42-26-12-20-37-28-29-40(33-48(37)42)50-52-49(53-51(54-50)47-27-13-19-36-18-7-8-23-41(36)47)39-22-11-21-38(32-39)44-31-30-43(35-16-5-2-6-17-35)45-24-9-10-25-46(44)45/h1-33H. The van der Waals surface area contributed by atoms with E-state index in [1.54, 1.807) is 0 Å². The molecule has 0 saturated heterocycles. The smallest absolute Gasteiger partial charge is 0.164 e. The summed E-state index contributed by atoms with van der Waals surface area (Å²) in [6.45, 7) is 0. The average molecular weight is 688 g/mol. The van der Waals surface area contributed by atoms with Gasteiger partial charge in [0, 0.05) is 16.7 Å². The summed E-state index contributed by atoms with van der Waals surface area (Å²) < 4.78 is 0. The summed E-state index contributed by atoms with van der Waals surface area (Å²) in [5.74, 6) is 1.91. The van der Waals surface area contributed by atoms with Crippen molar-refractivity contribution in [2.75, 3.05) is 0 Å². The van der Waals surface area contributed by atoms with E-state index in [2.05, 4.69) is 200 Å². The first-order chi connectivity index (χ1) is 26.8. The Morgan fingerprint density at radius 3 is 1.35 bits per heavy atom. The van der Waals surface area contributed by atoms with E-state index in [9.17, 15) is 0 Å². The minimum atomic E-state index is 0.631. The van der Waals surface area contributed by atoms with Gasteiger partial charge in [-0.05, 0) is 77.8 Å². The van der Waals surface area contributed by atoms with Crippen molar-refractivity contribution < 1.29 is 0 Å². The van der Waals surface area contributed by atoms with Crippen LogP contribution < -0.4 is 0 Å². The molecule has 0 unspecified atom stereocenters. The lowest BCUT2D eigenvalue weighted by Crippen LogP contribution is -2.01. The first-order valence-corrected chi connectivity index (χ1v) is 18.3. The molecule has 0 N–H and O–H groups in total. The third-order valence-corrected chi connectivity index (χ3v) is 10.3. The van der Waals surface area contributed by atoms with Crippen LogP contribution in [0, 0.1) is 0 Å². The number of nitrogens with zero attached hydrogens (tertiary/aromatic N) is 3. The third-order valence-electron chi connectivity index (χ3n) is 10.3. The van der Waals surface area contributed by atoms with Crippen LogP contribution in [0.4, 0.5) is 0 Å². The van der Waals surface area contributed by atoms with Crippen molar-refractivity contribution in [1.29, 1.82) is 0 Å². The Bertz CT molecular complexity index is 2980. The molecule has 0 amide bonds. The number of fused-ring (bicyclic) bond motifs is 3. The summed E-state index contributed by atoms with van der Waals surface area (Å²) in [4.78, 5) is 15.6. The van der Waals surface area contributed by atoms with Crippen LogP contribution in [0.1, 0.15) is 0 Å². The molecule has 1 aromatic heterocycles. The first kappa shape index (κ1) is 31.5. The zero-order valence-corrected chi connectivity index (χ0v) is 29.4. The van der Waals surface area contributed by atoms with Crippen molar-refractivity contribution in [3.05, 3.63) is 200 Å². The zero-order valence-electron chi connectivity index (χ0n) is 29.4. The molecule has 0 aliphatic heterocycles. The van der Waals surface area contributed by atoms with E-state index in [4.69, 9.17) is 15.0 Å². The van der Waals surface area contributed by atoms with E-state index < -0.39 is 0 Å². The molecule has 0 saturated carbocycles. The van der Waals surface area contributed by atoms with Crippen molar-refractivity contribution in [1.82, 2.24) is 15.0 Å². The van der Waals surface area contributed by atoms with E-state index >= 15 is 0 Å². The second kappa shape index (κ2) is 13.4. The van der Waals surface area contributed by atoms with Crippen molar-refractivity contribution in [2.24, 2.45) is 0 Å². The minimum Gasteiger partial charge on any atom is -0.208 e. The molecule has 0 aliphatic rings. The number of hydrogen-bond acceptors (Lipinski definition) is 3. The molecular weight excluding hydrogens is 655 g/mol. The number of aromatic nitrogens is 3. The molecule has 0 spiro atoms. The van der Waals surface area contributed by atoms with Crippen molar-refractivity contribution in [2.45, 2.75) is 0 Å². The second-order valence-corrected chi connectivity index (χ2v) is 13.6. The fraction of sp³-hybridized carbons (Fsp3) is 0. The van der Waals surface area contributed by atoms with Gasteiger partial charge < -0.3 is 0 Å². The molecule has 0 aliphatic carbocycles. The summed E-state index contributed by atoms with van der Waals surface area (Å²) in [6.07, 6.45) is 0. The molecule has 252 valence electrons. The highest BCUT2D eigenvalue weighted by Crippen LogP contribution is 2.38. The summed E-state index contributed by atoms with van der Waals surface area (Å²) in [6, 6.07) is 70.6. The molecular formula is C51H33N3. The molecule has 3 heteroatoms. The fourth-order valence-electron chi connectivity index (χ4n) is 7.70. The van der Waals surface area contributed by atoms with E-state index in [-0.39, 0.29) is 0 Å². The monoisotopic (exact) mass is 687 g/mol. The molecule has 3 nitrogen and oxygen atoms in total. The Labute approximate surface area is 313 Å². The Kier molecular flexibility index (Phi) is 7.81. The summed E-state index contributed by atoms with van der Waals surface area (Å²) in [5.41, 5.74) is 9.90. The third kappa shape index (κ3) is 5.69. The van der Waals surface area contributed by atoms with E-state index in [1.807, 2.05) is 0 Å². The van der Waals surface area contributed by atoms with Crippen LogP contribution in [-0.2, 0) is 0 Å². The lowest BCUT2D eigenvalue weighted by atomic mass is 9.91. The van der Waals surface area contributed by atoms with Gasteiger partial charge in [0.1, 0.15) is 0 Å². The molecule has 0 bridgehead atoms. The van der Waals surface area contributed by atoms with Crippen LogP contribution >= 0.6 is 0 Å². The van der Waals surface area contributed by atoms with E-state index in [1.165, 1.54) is 44.0 Å². The molecule has 0 fully saturated rings. The van der Waals surface area contributed by atoms with Crippen LogP contribution in [0.25, 0.3) is 99.9 Å². The highest BCUT2D eigenvalue weighted by atomic mass is 15.0. The van der Waals surface area contributed by atoms with Gasteiger partial charge in [-0.25, -0.2) is 15.0 Å². The number of hydrogen-bond donors (Lipinski definition) is 0. The van der Waals surface area contributed by atoms with E-state index in [0.29, 0.717) is 17.5 Å². The van der Waals surface area contributed by atoms with Gasteiger partial charge in [-0.15, -0.1) is 0 Å². The summed E-state index contributed by atoms with van der Waals surface area (Å²) >= 11 is 0.